The van der Waals surface area contributed by atoms with E-state index in [-0.39, 0.29) is 5.97 Å². The average molecular weight is 314 g/mol. The van der Waals surface area contributed by atoms with E-state index in [1.54, 1.807) is 6.92 Å². The van der Waals surface area contributed by atoms with Gasteiger partial charge in [0.25, 0.3) is 0 Å². The summed E-state index contributed by atoms with van der Waals surface area (Å²) >= 11 is 0. The van der Waals surface area contributed by atoms with Crippen molar-refractivity contribution in [3.05, 3.63) is 0 Å². The molecule has 0 rings (SSSR count). The van der Waals surface area contributed by atoms with Crippen molar-refractivity contribution in [1.82, 2.24) is 0 Å². The van der Waals surface area contributed by atoms with Gasteiger partial charge in [0.2, 0.25) is 0 Å². The van der Waals surface area contributed by atoms with Gasteiger partial charge in [-0.1, -0.05) is 0 Å². The van der Waals surface area contributed by atoms with Gasteiger partial charge in [-0.05, 0) is 6.92 Å². The van der Waals surface area contributed by atoms with Crippen molar-refractivity contribution in [2.75, 3.05) is 6.61 Å². The second-order valence-corrected chi connectivity index (χ2v) is 2.78. The highest BCUT2D eigenvalue weighted by molar-refractivity contribution is 5.65. The summed E-state index contributed by atoms with van der Waals surface area (Å²) in [6, 6.07) is 0. The molecule has 0 saturated heterocycles. The third-order valence-corrected chi connectivity index (χ3v) is 1.16. The molecule has 0 aromatic carbocycles. The van der Waals surface area contributed by atoms with Crippen LogP contribution in [0.15, 0.2) is 0 Å². The molecule has 0 radical (unpaired) electrons. The van der Waals surface area contributed by atoms with Crippen LogP contribution >= 0.6 is 0 Å². The Kier molecular flexibility index (Phi) is 11.5. The van der Waals surface area contributed by atoms with Crippen LogP contribution in [0.4, 0.5) is 31.1 Å². The van der Waals surface area contributed by atoms with E-state index >= 15 is 0 Å². The number of hydrogen-bond donors (Lipinski definition) is 0. The van der Waals surface area contributed by atoms with Crippen molar-refractivity contribution < 1.29 is 50.1 Å². The monoisotopic (exact) mass is 314 g/mol. The third kappa shape index (κ3) is 12.8. The lowest BCUT2D eigenvalue weighted by Crippen LogP contribution is -2.26. The number of esters is 1. The summed E-state index contributed by atoms with van der Waals surface area (Å²) in [5.41, 5.74) is 0. The van der Waals surface area contributed by atoms with Crippen LogP contribution < -0.4 is 0 Å². The molecule has 0 aliphatic carbocycles. The minimum Gasteiger partial charge on any atom is -0.466 e. The second-order valence-electron chi connectivity index (χ2n) is 2.78. The van der Waals surface area contributed by atoms with Crippen LogP contribution in [-0.4, -0.2) is 44.3 Å². The molecule has 0 heterocycles. The van der Waals surface area contributed by atoms with Gasteiger partial charge >= 0.3 is 37.7 Å². The van der Waals surface area contributed by atoms with Gasteiger partial charge in [0.05, 0.1) is 6.61 Å². The summed E-state index contributed by atoms with van der Waals surface area (Å²) in [5, 5.41) is 0. The van der Waals surface area contributed by atoms with Gasteiger partial charge < -0.3 is 14.2 Å². The van der Waals surface area contributed by atoms with Crippen LogP contribution in [-0.2, 0) is 19.0 Å². The molecule has 0 fully saturated rings. The minimum atomic E-state index is -3.66. The van der Waals surface area contributed by atoms with Gasteiger partial charge in [-0.25, -0.2) is 22.4 Å². The van der Waals surface area contributed by atoms with Gasteiger partial charge in [-0.15, -0.1) is 0 Å². The Labute approximate surface area is 109 Å². The Morgan fingerprint density at radius 3 is 1.40 bits per heavy atom. The fourth-order valence-electron chi connectivity index (χ4n) is 0.518. The SMILES string of the molecule is CCOC(C)=O.O=C(OC(F)C(F)F)OC(F)C(F)F. The van der Waals surface area contributed by atoms with Crippen molar-refractivity contribution in [1.29, 1.82) is 0 Å². The van der Waals surface area contributed by atoms with Crippen molar-refractivity contribution >= 4 is 12.1 Å². The summed E-state index contributed by atoms with van der Waals surface area (Å²) in [6.45, 7) is 3.65. The van der Waals surface area contributed by atoms with Crippen LogP contribution in [0.5, 0.6) is 0 Å². The second kappa shape index (κ2) is 11.2. The maximum absolute atomic E-state index is 11.8. The molecular formula is C9H12F6O5. The Morgan fingerprint density at radius 1 is 0.900 bits per heavy atom. The molecule has 0 aliphatic rings. The van der Waals surface area contributed by atoms with Gasteiger partial charge in [0.15, 0.2) is 0 Å². The highest BCUT2D eigenvalue weighted by Crippen LogP contribution is 2.12. The number of rotatable bonds is 5. The predicted molar refractivity (Wildman–Crippen MR) is 51.7 cm³/mol. The Bertz CT molecular complexity index is 270. The van der Waals surface area contributed by atoms with E-state index < -0.39 is 31.7 Å². The van der Waals surface area contributed by atoms with Gasteiger partial charge in [0, 0.05) is 6.92 Å². The van der Waals surface area contributed by atoms with Crippen molar-refractivity contribution in [3.8, 4) is 0 Å². The van der Waals surface area contributed by atoms with Crippen LogP contribution in [0, 0.1) is 0 Å². The first-order valence-electron chi connectivity index (χ1n) is 4.96. The molecule has 2 atom stereocenters. The van der Waals surface area contributed by atoms with E-state index in [1.807, 2.05) is 0 Å². The number of ether oxygens (including phenoxy) is 3. The maximum Gasteiger partial charge on any atom is 0.513 e. The molecule has 5 nitrogen and oxygen atoms in total. The van der Waals surface area contributed by atoms with Crippen molar-refractivity contribution in [2.24, 2.45) is 0 Å². The Balaban J connectivity index is 0. The van der Waals surface area contributed by atoms with Crippen LogP contribution in [0.2, 0.25) is 0 Å². The standard InChI is InChI=1S/C5H4F6O3.C4H8O2/c6-1(7)3(10)13-5(12)14-4(11)2(8)9;1-3-6-4(2)5/h1-4H;3H2,1-2H3. The molecule has 0 aromatic rings. The molecule has 0 spiro atoms. The van der Waals surface area contributed by atoms with E-state index in [9.17, 15) is 35.9 Å². The fraction of sp³-hybridized carbons (Fsp3) is 0.778. The molecule has 0 amide bonds. The zero-order valence-electron chi connectivity index (χ0n) is 10.3. The van der Waals surface area contributed by atoms with Crippen molar-refractivity contribution in [2.45, 2.75) is 39.4 Å². The molecule has 120 valence electrons. The number of alkyl halides is 6. The maximum atomic E-state index is 11.8. The lowest BCUT2D eigenvalue weighted by Gasteiger charge is -2.11. The predicted octanol–water partition coefficient (Wildman–Crippen LogP) is 2.83. The van der Waals surface area contributed by atoms with E-state index in [1.165, 1.54) is 6.92 Å². The fourth-order valence-corrected chi connectivity index (χ4v) is 0.518. The summed E-state index contributed by atoms with van der Waals surface area (Å²) < 4.78 is 79.6. The zero-order valence-corrected chi connectivity index (χ0v) is 10.3. The number of carbonyl (C=O) groups is 2. The summed E-state index contributed by atoms with van der Waals surface area (Å²) in [6.07, 6.45) is -16.3. The third-order valence-electron chi connectivity index (χ3n) is 1.16. The normalized spacial score (nSPS) is 13.1. The average Bonchev–Trinajstić information content (AvgIpc) is 2.28. The number of hydrogen-bond acceptors (Lipinski definition) is 5. The van der Waals surface area contributed by atoms with Crippen LogP contribution in [0.1, 0.15) is 13.8 Å². The minimum absolute atomic E-state index is 0.211. The molecule has 2 unspecified atom stereocenters. The Morgan fingerprint density at radius 2 is 1.25 bits per heavy atom. The quantitative estimate of drug-likeness (QED) is 0.577. The van der Waals surface area contributed by atoms with Crippen molar-refractivity contribution in [3.63, 3.8) is 0 Å². The first kappa shape index (κ1) is 20.6. The summed E-state index contributed by atoms with van der Waals surface area (Å²) in [4.78, 5) is 19.9. The van der Waals surface area contributed by atoms with Gasteiger partial charge in [-0.2, -0.15) is 8.78 Å². The smallest absolute Gasteiger partial charge is 0.466 e. The first-order valence-corrected chi connectivity index (χ1v) is 4.96. The molecule has 0 aliphatic heterocycles. The van der Waals surface area contributed by atoms with Crippen LogP contribution in [0.25, 0.3) is 0 Å². The van der Waals surface area contributed by atoms with Crippen LogP contribution in [0.3, 0.4) is 0 Å². The molecule has 11 heteroatoms. The molecular weight excluding hydrogens is 302 g/mol. The lowest BCUT2D eigenvalue weighted by atomic mass is 10.7. The first-order chi connectivity index (χ1) is 9.11. The molecule has 0 aromatic heterocycles. The highest BCUT2D eigenvalue weighted by Gasteiger charge is 2.29. The summed E-state index contributed by atoms with van der Waals surface area (Å²) in [5.74, 6) is -0.211. The van der Waals surface area contributed by atoms with E-state index in [0.29, 0.717) is 6.61 Å². The van der Waals surface area contributed by atoms with Gasteiger partial charge in [0.1, 0.15) is 0 Å². The Hall–Kier alpha value is -1.68. The number of carbonyl (C=O) groups excluding carboxylic acids is 2. The van der Waals surface area contributed by atoms with E-state index in [0.717, 1.165) is 0 Å². The summed E-state index contributed by atoms with van der Waals surface area (Å²) in [7, 11) is 0. The lowest BCUT2D eigenvalue weighted by molar-refractivity contribution is -0.149. The molecule has 20 heavy (non-hydrogen) atoms. The van der Waals surface area contributed by atoms with Gasteiger partial charge in [-0.3, -0.25) is 4.79 Å². The highest BCUT2D eigenvalue weighted by atomic mass is 19.3. The largest absolute Gasteiger partial charge is 0.513 e. The van der Waals surface area contributed by atoms with E-state index in [4.69, 9.17) is 0 Å². The topological polar surface area (TPSA) is 61.8 Å². The molecule has 0 N–H and O–H groups in total. The zero-order chi connectivity index (χ0) is 16.3. The molecule has 0 bridgehead atoms. The van der Waals surface area contributed by atoms with E-state index in [2.05, 4.69) is 14.2 Å². The molecule has 0 saturated carbocycles. The number of halogens is 6.